The maximum absolute atomic E-state index is 12.0. The van der Waals surface area contributed by atoms with Crippen LogP contribution in [0.15, 0.2) is 12.1 Å². The van der Waals surface area contributed by atoms with Crippen LogP contribution in [0.5, 0.6) is 0 Å². The highest BCUT2D eigenvalue weighted by molar-refractivity contribution is 6.33. The summed E-state index contributed by atoms with van der Waals surface area (Å²) < 4.78 is 0. The van der Waals surface area contributed by atoms with Crippen LogP contribution in [0.4, 0.5) is 0 Å². The molecule has 1 aromatic heterocycles. The number of aromatic nitrogens is 1. The molecule has 1 rings (SSSR count). The number of carbonyl (C=O) groups is 1. The molecule has 0 aliphatic heterocycles. The molecule has 3 N–H and O–H groups in total. The molecule has 5 nitrogen and oxygen atoms in total. The van der Waals surface area contributed by atoms with E-state index in [9.17, 15) is 15.0 Å². The van der Waals surface area contributed by atoms with Gasteiger partial charge in [-0.25, -0.2) is 4.98 Å². The van der Waals surface area contributed by atoms with Crippen LogP contribution in [0.2, 0.25) is 10.3 Å². The fraction of sp³-hybridized carbons (Fsp3) is 0.455. The van der Waals surface area contributed by atoms with E-state index < -0.39 is 11.4 Å². The summed E-state index contributed by atoms with van der Waals surface area (Å²) >= 11 is 11.4. The zero-order chi connectivity index (χ0) is 13.8. The van der Waals surface area contributed by atoms with Gasteiger partial charge in [-0.1, -0.05) is 30.1 Å². The Hall–Kier alpha value is -0.880. The molecular formula is C11H14Cl2N2O3. The second kappa shape index (κ2) is 6.33. The summed E-state index contributed by atoms with van der Waals surface area (Å²) in [6.45, 7) is 1.02. The maximum atomic E-state index is 12.0. The number of hydrogen-bond acceptors (Lipinski definition) is 4. The summed E-state index contributed by atoms with van der Waals surface area (Å²) in [5.41, 5.74) is -0.834. The number of nitrogens with one attached hydrogen (secondary N) is 1. The third kappa shape index (κ3) is 3.55. The van der Waals surface area contributed by atoms with Crippen LogP contribution >= 0.6 is 23.2 Å². The van der Waals surface area contributed by atoms with E-state index in [4.69, 9.17) is 23.2 Å². The topological polar surface area (TPSA) is 82.5 Å². The molecule has 0 bridgehead atoms. The number of carbonyl (C=O) groups excluding carboxylic acids is 1. The molecule has 0 atom stereocenters. The standard InChI is InChI=1S/C11H14Cl2N2O3/c1-2-11(5-16,6-17)15-10(18)7-3-8(12)14-9(13)4-7/h3-4,16-17H,2,5-6H2,1H3,(H,15,18). The average Bonchev–Trinajstić information content (AvgIpc) is 2.35. The number of pyridine rings is 1. The Balaban J connectivity index is 2.94. The molecule has 0 aliphatic rings. The van der Waals surface area contributed by atoms with Crippen LogP contribution in [0.3, 0.4) is 0 Å². The van der Waals surface area contributed by atoms with Gasteiger partial charge in [-0.3, -0.25) is 4.79 Å². The van der Waals surface area contributed by atoms with Crippen LogP contribution < -0.4 is 5.32 Å². The minimum atomic E-state index is -1.06. The van der Waals surface area contributed by atoms with E-state index in [0.29, 0.717) is 6.42 Å². The lowest BCUT2D eigenvalue weighted by Gasteiger charge is -2.29. The van der Waals surface area contributed by atoms with Gasteiger partial charge in [-0.05, 0) is 18.6 Å². The third-order valence-corrected chi connectivity index (χ3v) is 3.07. The third-order valence-electron chi connectivity index (χ3n) is 2.69. The van der Waals surface area contributed by atoms with Crippen molar-refractivity contribution in [3.63, 3.8) is 0 Å². The Morgan fingerprint density at radius 2 is 1.83 bits per heavy atom. The van der Waals surface area contributed by atoms with Crippen molar-refractivity contribution < 1.29 is 15.0 Å². The van der Waals surface area contributed by atoms with Crippen molar-refractivity contribution in [2.24, 2.45) is 0 Å². The molecule has 0 unspecified atom stereocenters. The van der Waals surface area contributed by atoms with Crippen molar-refractivity contribution in [2.75, 3.05) is 13.2 Å². The van der Waals surface area contributed by atoms with Gasteiger partial charge in [0.25, 0.3) is 5.91 Å². The quantitative estimate of drug-likeness (QED) is 0.714. The monoisotopic (exact) mass is 292 g/mol. The highest BCUT2D eigenvalue weighted by Gasteiger charge is 2.29. The first-order valence-electron chi connectivity index (χ1n) is 5.33. The molecule has 0 saturated heterocycles. The average molecular weight is 293 g/mol. The van der Waals surface area contributed by atoms with Gasteiger partial charge in [0, 0.05) is 5.56 Å². The molecule has 18 heavy (non-hydrogen) atoms. The second-order valence-electron chi connectivity index (χ2n) is 3.91. The zero-order valence-corrected chi connectivity index (χ0v) is 11.3. The number of aliphatic hydroxyl groups is 2. The van der Waals surface area contributed by atoms with Crippen molar-refractivity contribution >= 4 is 29.1 Å². The number of hydrogen-bond donors (Lipinski definition) is 3. The van der Waals surface area contributed by atoms with Crippen LogP contribution in [-0.2, 0) is 0 Å². The molecule has 0 aromatic carbocycles. The van der Waals surface area contributed by atoms with Gasteiger partial charge in [0.2, 0.25) is 0 Å². The Labute approximate surface area is 115 Å². The van der Waals surface area contributed by atoms with E-state index >= 15 is 0 Å². The van der Waals surface area contributed by atoms with Gasteiger partial charge in [0.1, 0.15) is 10.3 Å². The fourth-order valence-electron chi connectivity index (χ4n) is 1.35. The molecule has 1 heterocycles. The highest BCUT2D eigenvalue weighted by atomic mass is 35.5. The minimum Gasteiger partial charge on any atom is -0.394 e. The molecule has 100 valence electrons. The van der Waals surface area contributed by atoms with E-state index in [0.717, 1.165) is 0 Å². The lowest BCUT2D eigenvalue weighted by atomic mass is 9.98. The van der Waals surface area contributed by atoms with Gasteiger partial charge >= 0.3 is 0 Å². The molecule has 0 aliphatic carbocycles. The summed E-state index contributed by atoms with van der Waals surface area (Å²) in [5.74, 6) is -0.480. The van der Waals surface area contributed by atoms with Crippen molar-refractivity contribution in [1.82, 2.24) is 10.3 Å². The van der Waals surface area contributed by atoms with Crippen molar-refractivity contribution in [3.8, 4) is 0 Å². The second-order valence-corrected chi connectivity index (χ2v) is 4.68. The zero-order valence-electron chi connectivity index (χ0n) is 9.78. The number of halogens is 2. The molecule has 7 heteroatoms. The Morgan fingerprint density at radius 1 is 1.33 bits per heavy atom. The predicted molar refractivity (Wildman–Crippen MR) is 68.9 cm³/mol. The summed E-state index contributed by atoms with van der Waals surface area (Å²) in [7, 11) is 0. The van der Waals surface area contributed by atoms with Crippen molar-refractivity contribution in [3.05, 3.63) is 28.0 Å². The van der Waals surface area contributed by atoms with Gasteiger partial charge in [0.15, 0.2) is 0 Å². The number of rotatable bonds is 5. The predicted octanol–water partition coefficient (Wildman–Crippen LogP) is 1.25. The normalized spacial score (nSPS) is 11.4. The number of aliphatic hydroxyl groups excluding tert-OH is 2. The van der Waals surface area contributed by atoms with Crippen LogP contribution in [0.25, 0.3) is 0 Å². The molecule has 0 spiro atoms. The SMILES string of the molecule is CCC(CO)(CO)NC(=O)c1cc(Cl)nc(Cl)c1. The van der Waals surface area contributed by atoms with E-state index in [-0.39, 0.29) is 29.1 Å². The Kier molecular flexibility index (Phi) is 5.34. The van der Waals surface area contributed by atoms with Gasteiger partial charge in [0.05, 0.1) is 18.8 Å². The molecule has 0 saturated carbocycles. The summed E-state index contributed by atoms with van der Waals surface area (Å²) in [5, 5.41) is 21.3. The van der Waals surface area contributed by atoms with E-state index in [2.05, 4.69) is 10.3 Å². The lowest BCUT2D eigenvalue weighted by molar-refractivity contribution is 0.0653. The first-order chi connectivity index (χ1) is 8.46. The molecule has 0 radical (unpaired) electrons. The summed E-state index contributed by atoms with van der Waals surface area (Å²) in [6, 6.07) is 2.72. The number of nitrogens with zero attached hydrogens (tertiary/aromatic N) is 1. The molecule has 1 amide bonds. The van der Waals surface area contributed by atoms with E-state index in [1.807, 2.05) is 0 Å². The fourth-order valence-corrected chi connectivity index (χ4v) is 1.81. The largest absolute Gasteiger partial charge is 0.394 e. The minimum absolute atomic E-state index is 0.0998. The first-order valence-corrected chi connectivity index (χ1v) is 6.09. The lowest BCUT2D eigenvalue weighted by Crippen LogP contribution is -2.53. The summed E-state index contributed by atoms with van der Waals surface area (Å²) in [4.78, 5) is 15.7. The van der Waals surface area contributed by atoms with Crippen LogP contribution in [0, 0.1) is 0 Å². The molecular weight excluding hydrogens is 279 g/mol. The molecule has 1 aromatic rings. The van der Waals surface area contributed by atoms with Crippen molar-refractivity contribution in [2.45, 2.75) is 18.9 Å². The Morgan fingerprint density at radius 3 is 2.22 bits per heavy atom. The maximum Gasteiger partial charge on any atom is 0.252 e. The summed E-state index contributed by atoms with van der Waals surface area (Å²) in [6.07, 6.45) is 0.387. The van der Waals surface area contributed by atoms with Crippen molar-refractivity contribution in [1.29, 1.82) is 0 Å². The van der Waals surface area contributed by atoms with E-state index in [1.165, 1.54) is 12.1 Å². The van der Waals surface area contributed by atoms with Crippen LogP contribution in [0.1, 0.15) is 23.7 Å². The van der Waals surface area contributed by atoms with Gasteiger partial charge in [-0.15, -0.1) is 0 Å². The smallest absolute Gasteiger partial charge is 0.252 e. The number of amides is 1. The molecule has 0 fully saturated rings. The first kappa shape index (κ1) is 15.2. The van der Waals surface area contributed by atoms with Crippen LogP contribution in [-0.4, -0.2) is 39.9 Å². The van der Waals surface area contributed by atoms with Gasteiger partial charge < -0.3 is 15.5 Å². The van der Waals surface area contributed by atoms with E-state index in [1.54, 1.807) is 6.92 Å². The van der Waals surface area contributed by atoms with Gasteiger partial charge in [-0.2, -0.15) is 0 Å². The highest BCUT2D eigenvalue weighted by Crippen LogP contribution is 2.16. The Bertz CT molecular complexity index is 408.